The molecule has 4 heteroatoms. The van der Waals surface area contributed by atoms with Crippen molar-refractivity contribution >= 4 is 25.5 Å². The molecule has 0 aromatic heterocycles. The second-order valence-electron chi connectivity index (χ2n) is 3.18. The van der Waals surface area contributed by atoms with Crippen molar-refractivity contribution in [1.29, 1.82) is 5.41 Å². The van der Waals surface area contributed by atoms with Crippen molar-refractivity contribution in [2.24, 2.45) is 4.99 Å². The van der Waals surface area contributed by atoms with Crippen LogP contribution in [0.1, 0.15) is 19.3 Å². The number of amidine groups is 2. The Bertz CT molecular complexity index is 218. The van der Waals surface area contributed by atoms with Crippen molar-refractivity contribution in [3.05, 3.63) is 0 Å². The predicted octanol–water partition coefficient (Wildman–Crippen LogP) is 0.942. The van der Waals surface area contributed by atoms with Crippen molar-refractivity contribution in [3.63, 3.8) is 0 Å². The van der Waals surface area contributed by atoms with Gasteiger partial charge in [-0.25, -0.2) is 0 Å². The summed E-state index contributed by atoms with van der Waals surface area (Å²) in [5.41, 5.74) is 0. The summed E-state index contributed by atoms with van der Waals surface area (Å²) in [5, 5.41) is 8.31. The van der Waals surface area contributed by atoms with Crippen LogP contribution in [0.5, 0.6) is 0 Å². The minimum absolute atomic E-state index is 0.467. The van der Waals surface area contributed by atoms with Crippen LogP contribution in [-0.2, 0) is 0 Å². The van der Waals surface area contributed by atoms with E-state index < -0.39 is 0 Å². The zero-order valence-corrected chi connectivity index (χ0v) is 8.76. The summed E-state index contributed by atoms with van der Waals surface area (Å²) >= 11 is 0.467. The van der Waals surface area contributed by atoms with Crippen LogP contribution in [0.15, 0.2) is 4.99 Å². The van der Waals surface area contributed by atoms with Crippen molar-refractivity contribution in [2.75, 3.05) is 13.1 Å². The molecule has 2 rings (SSSR count). The van der Waals surface area contributed by atoms with Crippen molar-refractivity contribution in [3.8, 4) is 0 Å². The third-order valence-corrected chi connectivity index (χ3v) is 4.35. The van der Waals surface area contributed by atoms with Gasteiger partial charge >= 0.3 is 78.5 Å². The molecule has 0 aromatic carbocycles. The summed E-state index contributed by atoms with van der Waals surface area (Å²) in [5.74, 6) is 0.593. The number of piperidine rings is 1. The van der Waals surface area contributed by atoms with Crippen LogP contribution in [0, 0.1) is 5.41 Å². The van der Waals surface area contributed by atoms with E-state index in [4.69, 9.17) is 5.41 Å². The maximum absolute atomic E-state index is 7.40. The van der Waals surface area contributed by atoms with Crippen molar-refractivity contribution in [2.45, 2.75) is 24.6 Å². The molecule has 2 heterocycles. The van der Waals surface area contributed by atoms with E-state index in [1.165, 1.54) is 37.1 Å². The molecular formula is C8H13N3Se. The number of likely N-dealkylation sites (tertiary alicyclic amines) is 1. The Morgan fingerprint density at radius 2 is 2.00 bits per heavy atom. The van der Waals surface area contributed by atoms with Gasteiger partial charge in [-0.15, -0.1) is 0 Å². The Morgan fingerprint density at radius 3 is 2.58 bits per heavy atom. The molecule has 12 heavy (non-hydrogen) atoms. The SMILES string of the molecule is N=C1C[Se]C(N2CCCCC2)=N1. The standard InChI is InChI=1S/C8H13N3Se/c9-7-6-12-8(10-7)11-4-2-1-3-5-11/h9H,1-6H2. The molecule has 0 aromatic rings. The van der Waals surface area contributed by atoms with Gasteiger partial charge in [-0.2, -0.15) is 0 Å². The minimum atomic E-state index is 0.467. The summed E-state index contributed by atoms with van der Waals surface area (Å²) in [6.45, 7) is 2.35. The summed E-state index contributed by atoms with van der Waals surface area (Å²) < 4.78 is 1.23. The van der Waals surface area contributed by atoms with E-state index >= 15 is 0 Å². The molecule has 0 saturated carbocycles. The van der Waals surface area contributed by atoms with Gasteiger partial charge in [0.2, 0.25) is 0 Å². The van der Waals surface area contributed by atoms with Gasteiger partial charge in [0.15, 0.2) is 0 Å². The van der Waals surface area contributed by atoms with Gasteiger partial charge in [0.25, 0.3) is 0 Å². The number of nitrogens with zero attached hydrogens (tertiary/aromatic N) is 2. The van der Waals surface area contributed by atoms with E-state index in [-0.39, 0.29) is 0 Å². The summed E-state index contributed by atoms with van der Waals surface area (Å²) in [7, 11) is 0. The summed E-state index contributed by atoms with van der Waals surface area (Å²) in [4.78, 5) is 6.65. The van der Waals surface area contributed by atoms with Crippen LogP contribution in [0.25, 0.3) is 0 Å². The van der Waals surface area contributed by atoms with Gasteiger partial charge in [0.05, 0.1) is 0 Å². The fraction of sp³-hybridized carbons (Fsp3) is 0.750. The Kier molecular flexibility index (Phi) is 2.47. The van der Waals surface area contributed by atoms with Crippen LogP contribution in [-0.4, -0.2) is 43.5 Å². The zero-order valence-electron chi connectivity index (χ0n) is 7.05. The van der Waals surface area contributed by atoms with Gasteiger partial charge in [-0.1, -0.05) is 0 Å². The number of rotatable bonds is 0. The Morgan fingerprint density at radius 1 is 1.25 bits per heavy atom. The Balaban J connectivity index is 1.99. The van der Waals surface area contributed by atoms with Crippen LogP contribution in [0.2, 0.25) is 5.32 Å². The van der Waals surface area contributed by atoms with E-state index in [1.54, 1.807) is 0 Å². The van der Waals surface area contributed by atoms with Crippen LogP contribution in [0.3, 0.4) is 0 Å². The number of hydrogen-bond donors (Lipinski definition) is 1. The number of aliphatic imine (C=N–C) groups is 1. The quantitative estimate of drug-likeness (QED) is 0.618. The Labute approximate surface area is 78.9 Å². The Hall–Kier alpha value is -0.341. The third kappa shape index (κ3) is 1.70. The normalized spacial score (nSPS) is 24.5. The van der Waals surface area contributed by atoms with E-state index in [0.717, 1.165) is 5.32 Å². The molecule has 0 unspecified atom stereocenters. The fourth-order valence-electron chi connectivity index (χ4n) is 1.56. The fourth-order valence-corrected chi connectivity index (χ4v) is 3.39. The molecule has 2 aliphatic rings. The summed E-state index contributed by atoms with van der Waals surface area (Å²) in [6.07, 6.45) is 3.99. The number of hydrogen-bond acceptors (Lipinski definition) is 2. The monoisotopic (exact) mass is 231 g/mol. The second kappa shape index (κ2) is 3.58. The molecule has 0 bridgehead atoms. The van der Waals surface area contributed by atoms with E-state index in [9.17, 15) is 0 Å². The molecule has 66 valence electrons. The first kappa shape index (κ1) is 8.27. The molecule has 0 spiro atoms. The van der Waals surface area contributed by atoms with E-state index in [0.29, 0.717) is 20.8 Å². The topological polar surface area (TPSA) is 39.5 Å². The summed E-state index contributed by atoms with van der Waals surface area (Å²) in [6, 6.07) is 0. The molecule has 1 N–H and O–H groups in total. The van der Waals surface area contributed by atoms with Gasteiger partial charge in [0, 0.05) is 0 Å². The van der Waals surface area contributed by atoms with E-state index in [2.05, 4.69) is 9.89 Å². The molecule has 0 amide bonds. The van der Waals surface area contributed by atoms with Gasteiger partial charge < -0.3 is 0 Å². The van der Waals surface area contributed by atoms with Gasteiger partial charge in [-0.3, -0.25) is 0 Å². The first-order valence-electron chi connectivity index (χ1n) is 4.40. The van der Waals surface area contributed by atoms with Gasteiger partial charge in [0.1, 0.15) is 0 Å². The molecule has 1 fully saturated rings. The van der Waals surface area contributed by atoms with Crippen molar-refractivity contribution < 1.29 is 0 Å². The van der Waals surface area contributed by atoms with Gasteiger partial charge in [-0.05, 0) is 0 Å². The first-order chi connectivity index (χ1) is 5.86. The first-order valence-corrected chi connectivity index (χ1v) is 6.47. The molecular weight excluding hydrogens is 217 g/mol. The average molecular weight is 230 g/mol. The van der Waals surface area contributed by atoms with Crippen molar-refractivity contribution in [1.82, 2.24) is 4.90 Å². The second-order valence-corrected chi connectivity index (χ2v) is 5.15. The third-order valence-electron chi connectivity index (χ3n) is 2.20. The molecule has 1 saturated heterocycles. The molecule has 2 aliphatic heterocycles. The van der Waals surface area contributed by atoms with E-state index in [1.807, 2.05) is 0 Å². The molecule has 0 radical (unpaired) electrons. The molecule has 3 nitrogen and oxygen atoms in total. The van der Waals surface area contributed by atoms with Crippen LogP contribution in [0.4, 0.5) is 0 Å². The molecule has 0 atom stereocenters. The maximum atomic E-state index is 7.40. The van der Waals surface area contributed by atoms with Crippen LogP contribution < -0.4 is 0 Å². The predicted molar refractivity (Wildman–Crippen MR) is 51.1 cm³/mol. The zero-order chi connectivity index (χ0) is 8.39. The van der Waals surface area contributed by atoms with Crippen LogP contribution >= 0.6 is 0 Å². The molecule has 0 aliphatic carbocycles. The average Bonchev–Trinajstić information content (AvgIpc) is 2.54. The number of nitrogens with one attached hydrogen (secondary N) is 1.